The number of carbonyl (C=O) groups is 3. The van der Waals surface area contributed by atoms with E-state index >= 15 is 0 Å². The average Bonchev–Trinajstić information content (AvgIpc) is 3.41. The van der Waals surface area contributed by atoms with Crippen LogP contribution >= 0.6 is 0 Å². The smallest absolute Gasteiger partial charge is 0.407 e. The molecule has 186 valence electrons. The van der Waals surface area contributed by atoms with Crippen LogP contribution in [0.4, 0.5) is 4.79 Å². The summed E-state index contributed by atoms with van der Waals surface area (Å²) >= 11 is 0. The summed E-state index contributed by atoms with van der Waals surface area (Å²) in [5, 5.41) is 15.0. The van der Waals surface area contributed by atoms with Crippen LogP contribution < -0.4 is 10.6 Å². The summed E-state index contributed by atoms with van der Waals surface area (Å²) < 4.78 is 5.65. The molecule has 2 aromatic carbocycles. The summed E-state index contributed by atoms with van der Waals surface area (Å²) in [4.78, 5) is 37.1. The molecule has 0 saturated heterocycles. The molecule has 0 heterocycles. The van der Waals surface area contributed by atoms with E-state index in [2.05, 4.69) is 34.9 Å². The second-order valence-corrected chi connectivity index (χ2v) is 9.74. The number of aliphatic carboxylic acids is 1. The molecule has 2 amide bonds. The van der Waals surface area contributed by atoms with Crippen molar-refractivity contribution in [3.8, 4) is 11.1 Å². The van der Waals surface area contributed by atoms with Crippen molar-refractivity contribution in [2.45, 2.75) is 64.0 Å². The van der Waals surface area contributed by atoms with E-state index in [4.69, 9.17) is 9.84 Å². The summed E-state index contributed by atoms with van der Waals surface area (Å²) in [5.41, 5.74) is 4.56. The fourth-order valence-electron chi connectivity index (χ4n) is 5.44. The molecule has 0 aliphatic heterocycles. The maximum absolute atomic E-state index is 13.1. The van der Waals surface area contributed by atoms with Crippen molar-refractivity contribution in [1.29, 1.82) is 0 Å². The van der Waals surface area contributed by atoms with E-state index in [-0.39, 0.29) is 42.7 Å². The Hall–Kier alpha value is -3.35. The summed E-state index contributed by atoms with van der Waals surface area (Å²) in [6.07, 6.45) is 2.54. The number of carbonyl (C=O) groups excluding carboxylic acids is 2. The monoisotopic (exact) mass is 478 g/mol. The number of carboxylic acid groups (broad SMARTS) is 1. The molecule has 7 heteroatoms. The summed E-state index contributed by atoms with van der Waals surface area (Å²) in [6.45, 7) is 4.06. The summed E-state index contributed by atoms with van der Waals surface area (Å²) in [5.74, 6) is -1.38. The van der Waals surface area contributed by atoms with Crippen molar-refractivity contribution in [2.24, 2.45) is 11.8 Å². The molecule has 35 heavy (non-hydrogen) atoms. The number of fused-ring (bicyclic) bond motifs is 3. The van der Waals surface area contributed by atoms with Gasteiger partial charge in [0.05, 0.1) is 6.42 Å². The van der Waals surface area contributed by atoms with E-state index in [1.54, 1.807) is 0 Å². The topological polar surface area (TPSA) is 105 Å². The average molecular weight is 479 g/mol. The molecule has 1 fully saturated rings. The second-order valence-electron chi connectivity index (χ2n) is 9.74. The first-order valence-electron chi connectivity index (χ1n) is 12.5. The molecule has 3 unspecified atom stereocenters. The number of hydrogen-bond donors (Lipinski definition) is 3. The van der Waals surface area contributed by atoms with Gasteiger partial charge in [-0.25, -0.2) is 4.79 Å². The predicted octanol–water partition coefficient (Wildman–Crippen LogP) is 4.70. The van der Waals surface area contributed by atoms with Gasteiger partial charge in [-0.05, 0) is 46.9 Å². The van der Waals surface area contributed by atoms with Crippen molar-refractivity contribution in [1.82, 2.24) is 10.6 Å². The molecule has 2 aliphatic rings. The largest absolute Gasteiger partial charge is 0.481 e. The lowest BCUT2D eigenvalue weighted by molar-refractivity contribution is -0.138. The third kappa shape index (κ3) is 5.50. The SMILES string of the molecule is CCC(C)[C@H](NC(=O)OCC1c2ccccc2-c2ccccc21)C(=O)NC1CCCC1CC(=O)O. The van der Waals surface area contributed by atoms with Gasteiger partial charge in [0.25, 0.3) is 0 Å². The summed E-state index contributed by atoms with van der Waals surface area (Å²) in [7, 11) is 0. The Morgan fingerprint density at radius 2 is 1.66 bits per heavy atom. The zero-order valence-corrected chi connectivity index (χ0v) is 20.3. The van der Waals surface area contributed by atoms with Gasteiger partial charge in [0.1, 0.15) is 12.6 Å². The Balaban J connectivity index is 1.40. The highest BCUT2D eigenvalue weighted by atomic mass is 16.5. The molecule has 0 bridgehead atoms. The lowest BCUT2D eigenvalue weighted by atomic mass is 9.96. The molecule has 4 rings (SSSR count). The van der Waals surface area contributed by atoms with Gasteiger partial charge in [-0.1, -0.05) is 75.2 Å². The molecular formula is C28H34N2O5. The van der Waals surface area contributed by atoms with Gasteiger partial charge in [0, 0.05) is 12.0 Å². The molecule has 3 N–H and O–H groups in total. The van der Waals surface area contributed by atoms with Crippen molar-refractivity contribution in [3.05, 3.63) is 59.7 Å². The van der Waals surface area contributed by atoms with Gasteiger partial charge in [0.15, 0.2) is 0 Å². The number of benzene rings is 2. The molecule has 2 aromatic rings. The van der Waals surface area contributed by atoms with Gasteiger partial charge in [-0.2, -0.15) is 0 Å². The number of carboxylic acids is 1. The summed E-state index contributed by atoms with van der Waals surface area (Å²) in [6, 6.07) is 15.3. The maximum atomic E-state index is 13.1. The zero-order valence-electron chi connectivity index (χ0n) is 20.3. The van der Waals surface area contributed by atoms with Crippen LogP contribution in [0.25, 0.3) is 11.1 Å². The Morgan fingerprint density at radius 3 is 2.26 bits per heavy atom. The Morgan fingerprint density at radius 1 is 1.03 bits per heavy atom. The standard InChI is InChI=1S/C28H34N2O5/c1-3-17(2)26(27(33)29-24-14-8-9-18(24)15-25(31)32)30-28(34)35-16-23-21-12-6-4-10-19(21)20-11-5-7-13-22(20)23/h4-7,10-13,17-18,23-24,26H,3,8-9,14-16H2,1-2H3,(H,29,33)(H,30,34)(H,31,32)/t17?,18?,24?,26-/m0/s1. The number of nitrogens with one attached hydrogen (secondary N) is 2. The lowest BCUT2D eigenvalue weighted by Gasteiger charge is -2.27. The molecule has 4 atom stereocenters. The zero-order chi connectivity index (χ0) is 24.9. The minimum absolute atomic E-state index is 0.0404. The molecular weight excluding hydrogens is 444 g/mol. The van der Waals surface area contributed by atoms with Gasteiger partial charge < -0.3 is 20.5 Å². The van der Waals surface area contributed by atoms with E-state index in [9.17, 15) is 14.4 Å². The van der Waals surface area contributed by atoms with Crippen molar-refractivity contribution in [2.75, 3.05) is 6.61 Å². The first kappa shape index (κ1) is 24.8. The molecule has 0 radical (unpaired) electrons. The third-order valence-corrected chi connectivity index (χ3v) is 7.54. The highest BCUT2D eigenvalue weighted by Gasteiger charge is 2.35. The van der Waals surface area contributed by atoms with Gasteiger partial charge >= 0.3 is 12.1 Å². The second kappa shape index (κ2) is 10.9. The molecule has 7 nitrogen and oxygen atoms in total. The van der Waals surface area contributed by atoms with E-state index in [1.807, 2.05) is 38.1 Å². The van der Waals surface area contributed by atoms with Crippen LogP contribution in [0.1, 0.15) is 63.0 Å². The molecule has 0 spiro atoms. The maximum Gasteiger partial charge on any atom is 0.407 e. The van der Waals surface area contributed by atoms with Gasteiger partial charge in [-0.3, -0.25) is 9.59 Å². The fraction of sp³-hybridized carbons (Fsp3) is 0.464. The third-order valence-electron chi connectivity index (χ3n) is 7.54. The number of ether oxygens (including phenoxy) is 1. The van der Waals surface area contributed by atoms with E-state index in [1.165, 1.54) is 0 Å². The van der Waals surface area contributed by atoms with Gasteiger partial charge in [0.2, 0.25) is 5.91 Å². The minimum Gasteiger partial charge on any atom is -0.481 e. The Bertz CT molecular complexity index is 1040. The molecule has 1 saturated carbocycles. The van der Waals surface area contributed by atoms with E-state index in [0.29, 0.717) is 6.42 Å². The number of rotatable bonds is 9. The number of alkyl carbamates (subject to hydrolysis) is 1. The molecule has 2 aliphatic carbocycles. The first-order chi connectivity index (χ1) is 16.9. The Kier molecular flexibility index (Phi) is 7.73. The van der Waals surface area contributed by atoms with E-state index in [0.717, 1.165) is 41.5 Å². The highest BCUT2D eigenvalue weighted by Crippen LogP contribution is 2.44. The normalized spacial score (nSPS) is 20.4. The predicted molar refractivity (Wildman–Crippen MR) is 133 cm³/mol. The van der Waals surface area contributed by atoms with Crippen LogP contribution in [0.5, 0.6) is 0 Å². The Labute approximate surface area is 206 Å². The highest BCUT2D eigenvalue weighted by molar-refractivity contribution is 5.86. The van der Waals surface area contributed by atoms with Crippen LogP contribution in [-0.2, 0) is 14.3 Å². The van der Waals surface area contributed by atoms with E-state index < -0.39 is 18.1 Å². The van der Waals surface area contributed by atoms with Crippen LogP contribution in [0, 0.1) is 11.8 Å². The van der Waals surface area contributed by atoms with Crippen LogP contribution in [0.3, 0.4) is 0 Å². The fourth-order valence-corrected chi connectivity index (χ4v) is 5.44. The van der Waals surface area contributed by atoms with Gasteiger partial charge in [-0.15, -0.1) is 0 Å². The number of hydrogen-bond acceptors (Lipinski definition) is 4. The van der Waals surface area contributed by atoms with Crippen LogP contribution in [0.2, 0.25) is 0 Å². The molecule has 0 aromatic heterocycles. The quantitative estimate of drug-likeness (QED) is 0.485. The van der Waals surface area contributed by atoms with Crippen molar-refractivity contribution >= 4 is 18.0 Å². The van der Waals surface area contributed by atoms with Crippen molar-refractivity contribution < 1.29 is 24.2 Å². The van der Waals surface area contributed by atoms with Crippen LogP contribution in [0.15, 0.2) is 48.5 Å². The number of amides is 2. The minimum atomic E-state index is -0.855. The van der Waals surface area contributed by atoms with Crippen LogP contribution in [-0.4, -0.2) is 41.8 Å². The first-order valence-corrected chi connectivity index (χ1v) is 12.5. The lowest BCUT2D eigenvalue weighted by Crippen LogP contribution is -2.53. The van der Waals surface area contributed by atoms with Crippen molar-refractivity contribution in [3.63, 3.8) is 0 Å².